The molecule has 0 aromatic heterocycles. The highest BCUT2D eigenvalue weighted by Gasteiger charge is 2.50. The molecule has 1 aliphatic carbocycles. The van der Waals surface area contributed by atoms with Gasteiger partial charge in [0, 0.05) is 32.2 Å². The van der Waals surface area contributed by atoms with Gasteiger partial charge in [0.25, 0.3) is 0 Å². The zero-order chi connectivity index (χ0) is 20.6. The highest BCUT2D eigenvalue weighted by molar-refractivity contribution is 14.0. The molecule has 172 valence electrons. The fourth-order valence-electron chi connectivity index (χ4n) is 3.84. The van der Waals surface area contributed by atoms with Crippen molar-refractivity contribution in [2.24, 2.45) is 10.9 Å². The van der Waals surface area contributed by atoms with Crippen molar-refractivity contribution < 1.29 is 21.6 Å². The zero-order valence-electron chi connectivity index (χ0n) is 17.0. The van der Waals surface area contributed by atoms with Gasteiger partial charge in [-0.25, -0.2) is 8.42 Å². The van der Waals surface area contributed by atoms with E-state index in [9.17, 15) is 21.6 Å². The summed E-state index contributed by atoms with van der Waals surface area (Å²) < 4.78 is 61.6. The number of piperidine rings is 1. The summed E-state index contributed by atoms with van der Waals surface area (Å²) in [4.78, 5) is 4.69. The Hall–Kier alpha value is -0.300. The summed E-state index contributed by atoms with van der Waals surface area (Å²) in [6.45, 7) is 3.13. The van der Waals surface area contributed by atoms with E-state index in [1.165, 1.54) is 44.9 Å². The number of sulfonamides is 1. The fourth-order valence-corrected chi connectivity index (χ4v) is 4.83. The Kier molecular flexibility index (Phi) is 11.6. The first-order valence-electron chi connectivity index (χ1n) is 10.3. The van der Waals surface area contributed by atoms with E-state index < -0.39 is 15.5 Å². The van der Waals surface area contributed by atoms with Crippen LogP contribution in [0, 0.1) is 5.92 Å². The lowest BCUT2D eigenvalue weighted by molar-refractivity contribution is -0.0494. The van der Waals surface area contributed by atoms with E-state index in [0.29, 0.717) is 35.6 Å². The van der Waals surface area contributed by atoms with E-state index >= 15 is 0 Å². The third kappa shape index (κ3) is 8.39. The molecule has 11 heteroatoms. The second kappa shape index (κ2) is 12.5. The molecule has 0 spiro atoms. The molecule has 0 aromatic carbocycles. The smallest absolute Gasteiger partial charge is 0.357 e. The molecular weight excluding hydrogens is 520 g/mol. The van der Waals surface area contributed by atoms with Crippen molar-refractivity contribution in [1.29, 1.82) is 0 Å². The second-order valence-electron chi connectivity index (χ2n) is 7.70. The molecular formula is C18H34F3IN4O2S. The maximum atomic E-state index is 12.7. The molecule has 0 bridgehead atoms. The predicted molar refractivity (Wildman–Crippen MR) is 120 cm³/mol. The Morgan fingerprint density at radius 1 is 1.03 bits per heavy atom. The van der Waals surface area contributed by atoms with Gasteiger partial charge in [0.15, 0.2) is 5.96 Å². The van der Waals surface area contributed by atoms with Crippen molar-refractivity contribution >= 4 is 40.0 Å². The molecule has 2 N–H and O–H groups in total. The van der Waals surface area contributed by atoms with Gasteiger partial charge in [-0.1, -0.05) is 32.1 Å². The summed E-state index contributed by atoms with van der Waals surface area (Å²) in [5.41, 5.74) is -5.23. The van der Waals surface area contributed by atoms with Gasteiger partial charge >= 0.3 is 15.5 Å². The molecule has 0 unspecified atom stereocenters. The van der Waals surface area contributed by atoms with Crippen LogP contribution < -0.4 is 10.6 Å². The second-order valence-corrected chi connectivity index (χ2v) is 9.63. The maximum Gasteiger partial charge on any atom is 0.511 e. The molecule has 2 aliphatic rings. The van der Waals surface area contributed by atoms with Gasteiger partial charge < -0.3 is 10.6 Å². The first-order chi connectivity index (χ1) is 13.2. The molecule has 0 atom stereocenters. The minimum atomic E-state index is -5.23. The molecule has 0 radical (unpaired) electrons. The standard InChI is InChI=1S/C18H33F3N4O2S.HI/c1-2-22-17(23-14-15-8-6-4-3-5-7-9-15)24-16-10-12-25(13-11-16)28(26,27)18(19,20)21;/h15-16H,2-14H2,1H3,(H2,22,23,24);1H. The molecule has 1 saturated heterocycles. The number of nitrogens with one attached hydrogen (secondary N) is 2. The van der Waals surface area contributed by atoms with Crippen LogP contribution in [0.25, 0.3) is 0 Å². The molecule has 0 amide bonds. The number of rotatable bonds is 5. The maximum absolute atomic E-state index is 12.7. The van der Waals surface area contributed by atoms with Crippen molar-refractivity contribution in [2.75, 3.05) is 26.2 Å². The number of aliphatic imine (C=N–C) groups is 1. The van der Waals surface area contributed by atoms with E-state index in [1.54, 1.807) is 0 Å². The zero-order valence-corrected chi connectivity index (χ0v) is 20.2. The number of guanidine groups is 1. The molecule has 6 nitrogen and oxygen atoms in total. The van der Waals surface area contributed by atoms with Gasteiger partial charge in [0.1, 0.15) is 0 Å². The van der Waals surface area contributed by atoms with Gasteiger partial charge in [-0.05, 0) is 38.5 Å². The Balaban J connectivity index is 0.00000420. The van der Waals surface area contributed by atoms with Crippen molar-refractivity contribution in [1.82, 2.24) is 14.9 Å². The number of halogens is 4. The van der Waals surface area contributed by atoms with E-state index in [1.807, 2.05) is 6.92 Å². The summed E-state index contributed by atoms with van der Waals surface area (Å²) in [5.74, 6) is 1.25. The Morgan fingerprint density at radius 3 is 2.10 bits per heavy atom. The lowest BCUT2D eigenvalue weighted by atomic mass is 9.91. The largest absolute Gasteiger partial charge is 0.511 e. The first kappa shape index (κ1) is 26.7. The molecule has 29 heavy (non-hydrogen) atoms. The van der Waals surface area contributed by atoms with Crippen molar-refractivity contribution in [3.8, 4) is 0 Å². The van der Waals surface area contributed by atoms with E-state index in [4.69, 9.17) is 4.99 Å². The summed E-state index contributed by atoms with van der Waals surface area (Å²) in [7, 11) is -5.23. The van der Waals surface area contributed by atoms with Crippen LogP contribution in [-0.2, 0) is 10.0 Å². The molecule has 2 rings (SSSR count). The fraction of sp³-hybridized carbons (Fsp3) is 0.944. The normalized spacial score (nSPS) is 21.7. The molecule has 1 heterocycles. The predicted octanol–water partition coefficient (Wildman–Crippen LogP) is 3.83. The average molecular weight is 554 g/mol. The SMILES string of the molecule is CCNC(=NCC1CCCCCCC1)NC1CCN(S(=O)(=O)C(F)(F)F)CC1.I. The van der Waals surface area contributed by atoms with Gasteiger partial charge in [0.2, 0.25) is 0 Å². The average Bonchev–Trinajstić information content (AvgIpc) is 2.60. The van der Waals surface area contributed by atoms with Crippen LogP contribution in [0.1, 0.15) is 64.7 Å². The highest BCUT2D eigenvalue weighted by atomic mass is 127. The van der Waals surface area contributed by atoms with Gasteiger partial charge in [-0.3, -0.25) is 4.99 Å². The Bertz CT molecular complexity index is 601. The minimum Gasteiger partial charge on any atom is -0.357 e. The third-order valence-corrected chi connectivity index (χ3v) is 7.13. The highest BCUT2D eigenvalue weighted by Crippen LogP contribution is 2.29. The van der Waals surface area contributed by atoms with Crippen LogP contribution in [0.5, 0.6) is 0 Å². The lowest BCUT2D eigenvalue weighted by Gasteiger charge is -2.32. The number of alkyl halides is 3. The molecule has 1 aliphatic heterocycles. The number of hydrogen-bond acceptors (Lipinski definition) is 3. The third-order valence-electron chi connectivity index (χ3n) is 5.50. The Morgan fingerprint density at radius 2 is 1.59 bits per heavy atom. The van der Waals surface area contributed by atoms with Crippen molar-refractivity contribution in [3.63, 3.8) is 0 Å². The van der Waals surface area contributed by atoms with E-state index in [-0.39, 0.29) is 43.1 Å². The van der Waals surface area contributed by atoms with Crippen molar-refractivity contribution in [3.05, 3.63) is 0 Å². The molecule has 1 saturated carbocycles. The quantitative estimate of drug-likeness (QED) is 0.308. The van der Waals surface area contributed by atoms with Crippen molar-refractivity contribution in [2.45, 2.75) is 76.3 Å². The topological polar surface area (TPSA) is 73.8 Å². The van der Waals surface area contributed by atoms with Crippen LogP contribution in [-0.4, -0.2) is 56.4 Å². The van der Waals surface area contributed by atoms with Crippen LogP contribution in [0.15, 0.2) is 4.99 Å². The lowest BCUT2D eigenvalue weighted by Crippen LogP contribution is -2.51. The summed E-state index contributed by atoms with van der Waals surface area (Å²) in [6.07, 6.45) is 9.42. The number of nitrogens with zero attached hydrogens (tertiary/aromatic N) is 2. The van der Waals surface area contributed by atoms with Crippen LogP contribution in [0.2, 0.25) is 0 Å². The van der Waals surface area contributed by atoms with Crippen LogP contribution >= 0.6 is 24.0 Å². The summed E-state index contributed by atoms with van der Waals surface area (Å²) in [5, 5.41) is 6.46. The summed E-state index contributed by atoms with van der Waals surface area (Å²) in [6, 6.07) is -0.0881. The van der Waals surface area contributed by atoms with Gasteiger partial charge in [0.05, 0.1) is 0 Å². The van der Waals surface area contributed by atoms with Gasteiger partial charge in [-0.2, -0.15) is 17.5 Å². The molecule has 2 fully saturated rings. The van der Waals surface area contributed by atoms with Crippen LogP contribution in [0.4, 0.5) is 13.2 Å². The van der Waals surface area contributed by atoms with Crippen LogP contribution in [0.3, 0.4) is 0 Å². The summed E-state index contributed by atoms with van der Waals surface area (Å²) >= 11 is 0. The van der Waals surface area contributed by atoms with Gasteiger partial charge in [-0.15, -0.1) is 24.0 Å². The minimum absolute atomic E-state index is 0. The monoisotopic (exact) mass is 554 g/mol. The molecule has 0 aromatic rings. The van der Waals surface area contributed by atoms with E-state index in [2.05, 4.69) is 10.6 Å². The first-order valence-corrected chi connectivity index (χ1v) is 11.8. The Labute approximate surface area is 189 Å². The van der Waals surface area contributed by atoms with E-state index in [0.717, 1.165) is 6.54 Å². The number of hydrogen-bond donors (Lipinski definition) is 2.